The minimum atomic E-state index is -4.53. The monoisotopic (exact) mass is 308 g/mol. The third-order valence-electron chi connectivity index (χ3n) is 3.25. The first kappa shape index (κ1) is 17.5. The number of alkyl halides is 3. The Morgan fingerprint density at radius 1 is 1.38 bits per heavy atom. The molecule has 0 radical (unpaired) electrons. The summed E-state index contributed by atoms with van der Waals surface area (Å²) in [5.41, 5.74) is -0.879. The summed E-state index contributed by atoms with van der Waals surface area (Å²) in [6.45, 7) is 3.30. The van der Waals surface area contributed by atoms with Crippen molar-refractivity contribution in [2.24, 2.45) is 11.3 Å². The van der Waals surface area contributed by atoms with Gasteiger partial charge in [0.2, 0.25) is 17.7 Å². The van der Waals surface area contributed by atoms with E-state index in [1.807, 2.05) is 13.8 Å². The molecule has 0 aromatic heterocycles. The molecule has 0 spiro atoms. The molecule has 120 valence electrons. The fourth-order valence-electron chi connectivity index (χ4n) is 2.56. The van der Waals surface area contributed by atoms with E-state index < -0.39 is 42.4 Å². The van der Waals surface area contributed by atoms with E-state index in [0.29, 0.717) is 6.42 Å². The lowest BCUT2D eigenvalue weighted by Crippen LogP contribution is -2.44. The molecule has 0 aromatic rings. The Bertz CT molecular complexity index is 448. The van der Waals surface area contributed by atoms with E-state index in [2.05, 4.69) is 0 Å². The van der Waals surface area contributed by atoms with Crippen molar-refractivity contribution in [1.29, 1.82) is 0 Å². The molecule has 1 fully saturated rings. The molecular formula is C13H19F3N2O3. The Morgan fingerprint density at radius 3 is 2.43 bits per heavy atom. The van der Waals surface area contributed by atoms with E-state index in [0.717, 1.165) is 4.90 Å². The molecule has 3 amide bonds. The topological polar surface area (TPSA) is 66.5 Å². The number of nitrogens with zero attached hydrogens (tertiary/aromatic N) is 1. The summed E-state index contributed by atoms with van der Waals surface area (Å²) in [7, 11) is 0. The van der Waals surface area contributed by atoms with Crippen molar-refractivity contribution in [2.75, 3.05) is 13.1 Å². The second-order valence-electron chi connectivity index (χ2n) is 6.01. The number of nitrogens with one attached hydrogen (secondary N) is 1. The van der Waals surface area contributed by atoms with Crippen LogP contribution in [0, 0.1) is 11.3 Å². The number of carbonyl (C=O) groups is 3. The first-order valence-corrected chi connectivity index (χ1v) is 6.63. The Morgan fingerprint density at radius 2 is 1.95 bits per heavy atom. The second kappa shape index (κ2) is 6.03. The number of hydrogen-bond acceptors (Lipinski definition) is 3. The van der Waals surface area contributed by atoms with Crippen molar-refractivity contribution in [2.45, 2.75) is 39.8 Å². The summed E-state index contributed by atoms with van der Waals surface area (Å²) >= 11 is 0. The van der Waals surface area contributed by atoms with E-state index in [1.165, 1.54) is 0 Å². The Labute approximate surface area is 120 Å². The third-order valence-corrected chi connectivity index (χ3v) is 3.25. The normalized spacial score (nSPS) is 23.1. The van der Waals surface area contributed by atoms with E-state index in [-0.39, 0.29) is 12.3 Å². The van der Waals surface area contributed by atoms with Gasteiger partial charge >= 0.3 is 6.18 Å². The number of halogens is 3. The number of carbonyl (C=O) groups excluding carboxylic acids is 3. The van der Waals surface area contributed by atoms with Gasteiger partial charge in [0.1, 0.15) is 13.1 Å². The van der Waals surface area contributed by atoms with Gasteiger partial charge in [-0.05, 0) is 12.3 Å². The predicted octanol–water partition coefficient (Wildman–Crippen LogP) is 1.48. The summed E-state index contributed by atoms with van der Waals surface area (Å²) in [4.78, 5) is 36.2. The standard InChI is InChI=1S/C13H19F3N2O3/c1-8(2)4-12(3)5-10(20)18(11(12)21)6-9(19)17-7-13(14,15)16/h8H,4-7H2,1-3H3,(H,17,19)/t12-/m1/s1. The maximum atomic E-state index is 12.2. The van der Waals surface area contributed by atoms with Crippen LogP contribution < -0.4 is 5.32 Å². The van der Waals surface area contributed by atoms with Crippen LogP contribution in [0.4, 0.5) is 13.2 Å². The molecule has 1 aliphatic rings. The molecule has 1 atom stereocenters. The SMILES string of the molecule is CC(C)C[C@]1(C)CC(=O)N(CC(=O)NCC(F)(F)F)C1=O. The molecule has 1 N–H and O–H groups in total. The fraction of sp³-hybridized carbons (Fsp3) is 0.769. The smallest absolute Gasteiger partial charge is 0.345 e. The van der Waals surface area contributed by atoms with Gasteiger partial charge in [-0.2, -0.15) is 13.2 Å². The van der Waals surface area contributed by atoms with Gasteiger partial charge in [0.25, 0.3) is 0 Å². The molecular weight excluding hydrogens is 289 g/mol. The van der Waals surface area contributed by atoms with Crippen LogP contribution in [0.3, 0.4) is 0 Å². The van der Waals surface area contributed by atoms with Gasteiger partial charge in [-0.3, -0.25) is 19.3 Å². The predicted molar refractivity (Wildman–Crippen MR) is 68.0 cm³/mol. The molecule has 0 aromatic carbocycles. The van der Waals surface area contributed by atoms with Crippen molar-refractivity contribution in [1.82, 2.24) is 10.2 Å². The highest BCUT2D eigenvalue weighted by molar-refractivity contribution is 6.07. The summed E-state index contributed by atoms with van der Waals surface area (Å²) in [5.74, 6) is -1.83. The van der Waals surface area contributed by atoms with Crippen LogP contribution in [0.5, 0.6) is 0 Å². The van der Waals surface area contributed by atoms with E-state index in [4.69, 9.17) is 0 Å². The van der Waals surface area contributed by atoms with Crippen molar-refractivity contribution in [3.05, 3.63) is 0 Å². The third kappa shape index (κ3) is 4.71. The summed E-state index contributed by atoms with van der Waals surface area (Å²) < 4.78 is 36.0. The van der Waals surface area contributed by atoms with Crippen LogP contribution in [0.25, 0.3) is 0 Å². The molecule has 0 saturated carbocycles. The number of rotatable bonds is 5. The average molecular weight is 308 g/mol. The molecule has 1 rings (SSSR count). The van der Waals surface area contributed by atoms with Crippen LogP contribution >= 0.6 is 0 Å². The second-order valence-corrected chi connectivity index (χ2v) is 6.01. The summed E-state index contributed by atoms with van der Waals surface area (Å²) in [6, 6.07) is 0. The first-order chi connectivity index (χ1) is 9.44. The van der Waals surface area contributed by atoms with Crippen molar-refractivity contribution < 1.29 is 27.6 Å². The first-order valence-electron chi connectivity index (χ1n) is 6.63. The van der Waals surface area contributed by atoms with Gasteiger partial charge in [0, 0.05) is 6.42 Å². The molecule has 0 unspecified atom stereocenters. The Balaban J connectivity index is 2.66. The molecule has 1 aliphatic heterocycles. The van der Waals surface area contributed by atoms with Gasteiger partial charge in [0.05, 0.1) is 5.41 Å². The largest absolute Gasteiger partial charge is 0.405 e. The Kier molecular flexibility index (Phi) is 5.01. The zero-order valence-electron chi connectivity index (χ0n) is 12.2. The highest BCUT2D eigenvalue weighted by Gasteiger charge is 2.48. The lowest BCUT2D eigenvalue weighted by Gasteiger charge is -2.23. The maximum Gasteiger partial charge on any atom is 0.405 e. The zero-order chi connectivity index (χ0) is 16.4. The molecule has 5 nitrogen and oxygen atoms in total. The lowest BCUT2D eigenvalue weighted by atomic mass is 9.80. The van der Waals surface area contributed by atoms with Gasteiger partial charge in [-0.1, -0.05) is 20.8 Å². The van der Waals surface area contributed by atoms with Gasteiger partial charge < -0.3 is 5.32 Å². The number of imide groups is 1. The van der Waals surface area contributed by atoms with Crippen LogP contribution in [-0.2, 0) is 14.4 Å². The Hall–Kier alpha value is -1.60. The van der Waals surface area contributed by atoms with E-state index in [1.54, 1.807) is 12.2 Å². The minimum absolute atomic E-state index is 0.0173. The molecule has 1 heterocycles. The highest BCUT2D eigenvalue weighted by Crippen LogP contribution is 2.38. The van der Waals surface area contributed by atoms with Crippen LogP contribution in [0.2, 0.25) is 0 Å². The molecule has 0 bridgehead atoms. The van der Waals surface area contributed by atoms with E-state index in [9.17, 15) is 27.6 Å². The number of amides is 3. The quantitative estimate of drug-likeness (QED) is 0.782. The van der Waals surface area contributed by atoms with Crippen LogP contribution in [0.15, 0.2) is 0 Å². The minimum Gasteiger partial charge on any atom is -0.345 e. The van der Waals surface area contributed by atoms with E-state index >= 15 is 0 Å². The summed E-state index contributed by atoms with van der Waals surface area (Å²) in [6.07, 6.45) is -4.06. The summed E-state index contributed by atoms with van der Waals surface area (Å²) in [5, 5.41) is 1.65. The van der Waals surface area contributed by atoms with Gasteiger partial charge in [-0.25, -0.2) is 0 Å². The average Bonchev–Trinajstić information content (AvgIpc) is 2.48. The lowest BCUT2D eigenvalue weighted by molar-refractivity contribution is -0.147. The highest BCUT2D eigenvalue weighted by atomic mass is 19.4. The molecule has 1 saturated heterocycles. The van der Waals surface area contributed by atoms with Crippen LogP contribution in [0.1, 0.15) is 33.6 Å². The van der Waals surface area contributed by atoms with Crippen molar-refractivity contribution in [3.63, 3.8) is 0 Å². The van der Waals surface area contributed by atoms with Crippen LogP contribution in [-0.4, -0.2) is 41.9 Å². The van der Waals surface area contributed by atoms with Gasteiger partial charge in [-0.15, -0.1) is 0 Å². The molecule has 0 aliphatic carbocycles. The zero-order valence-corrected chi connectivity index (χ0v) is 12.2. The maximum absolute atomic E-state index is 12.2. The molecule has 21 heavy (non-hydrogen) atoms. The number of likely N-dealkylation sites (tertiary alicyclic amines) is 1. The van der Waals surface area contributed by atoms with Crippen molar-refractivity contribution >= 4 is 17.7 Å². The van der Waals surface area contributed by atoms with Gasteiger partial charge in [0.15, 0.2) is 0 Å². The molecule has 8 heteroatoms. The van der Waals surface area contributed by atoms with Crippen molar-refractivity contribution in [3.8, 4) is 0 Å². The fourth-order valence-corrected chi connectivity index (χ4v) is 2.56. The number of hydrogen-bond donors (Lipinski definition) is 1.